The molecule has 0 radical (unpaired) electrons. The second-order valence-electron chi connectivity index (χ2n) is 0.0816. The van der Waals surface area contributed by atoms with Gasteiger partial charge in [0.25, 0.3) is 0 Å². The van der Waals surface area contributed by atoms with Gasteiger partial charge in [-0.25, -0.2) is 4.57 Å². The Hall–Kier alpha value is 0.826. The minimum Gasteiger partial charge on any atom is -0.358 e. The fourth-order valence-corrected chi connectivity index (χ4v) is 0. The molecule has 0 aliphatic rings. The Kier molecular flexibility index (Phi) is 247. The SMILES string of the molecule is O=PO.[CH2-]C.[CH3-].[Mg+2]. The van der Waals surface area contributed by atoms with Gasteiger partial charge in [-0.2, -0.15) is 6.92 Å². The van der Waals surface area contributed by atoms with Crippen LogP contribution in [0.2, 0.25) is 0 Å². The van der Waals surface area contributed by atoms with Gasteiger partial charge in [-0.05, 0) is 0 Å². The van der Waals surface area contributed by atoms with Crippen LogP contribution in [0, 0.1) is 14.4 Å². The average Bonchev–Trinajstić information content (AvgIpc) is 1.46. The molecular formula is C3H9MgO2P. The molecule has 0 atom stereocenters. The Morgan fingerprint density at radius 3 is 1.57 bits per heavy atom. The van der Waals surface area contributed by atoms with Crippen LogP contribution >= 0.6 is 8.69 Å². The van der Waals surface area contributed by atoms with Crippen LogP contribution in [0.5, 0.6) is 0 Å². The first kappa shape index (κ1) is 24.9. The standard InChI is InChI=1S/C2H5.CH3.Mg.HO2P/c1-2;;;1-3-2/h1H2,2H3;1H3;;(H,1,2)/q2*-1;+2;. The van der Waals surface area contributed by atoms with Gasteiger partial charge in [0.2, 0.25) is 0 Å². The van der Waals surface area contributed by atoms with E-state index in [0.29, 0.717) is 0 Å². The van der Waals surface area contributed by atoms with Crippen LogP contribution in [0.3, 0.4) is 0 Å². The minimum atomic E-state index is -0.833. The molecule has 0 amide bonds. The second kappa shape index (κ2) is 69.5. The average molecular weight is 132 g/mol. The van der Waals surface area contributed by atoms with E-state index in [2.05, 4.69) is 6.92 Å². The van der Waals surface area contributed by atoms with Crippen LogP contribution in [-0.4, -0.2) is 27.9 Å². The third-order valence-electron chi connectivity index (χ3n) is 0. The minimum absolute atomic E-state index is 0. The van der Waals surface area contributed by atoms with Crippen molar-refractivity contribution >= 4 is 31.7 Å². The van der Waals surface area contributed by atoms with Crippen molar-refractivity contribution in [1.82, 2.24) is 0 Å². The summed E-state index contributed by atoms with van der Waals surface area (Å²) < 4.78 is 8.46. The first-order chi connectivity index (χ1) is 2.41. The molecule has 2 nitrogen and oxygen atoms in total. The summed E-state index contributed by atoms with van der Waals surface area (Å²) in [4.78, 5) is 6.99. The first-order valence-corrected chi connectivity index (χ1v) is 1.85. The molecule has 40 valence electrons. The summed E-state index contributed by atoms with van der Waals surface area (Å²) in [6, 6.07) is 0. The quantitative estimate of drug-likeness (QED) is 0.304. The second-order valence-corrected chi connectivity index (χ2v) is 0.245. The molecule has 0 aromatic rings. The van der Waals surface area contributed by atoms with Gasteiger partial charge in [0.05, 0.1) is 0 Å². The Bertz CT molecular complexity index is 20.4. The molecule has 0 heterocycles. The summed E-state index contributed by atoms with van der Waals surface area (Å²) in [5.74, 6) is 0. The van der Waals surface area contributed by atoms with Crippen LogP contribution in [0.25, 0.3) is 0 Å². The van der Waals surface area contributed by atoms with Crippen LogP contribution in [0.15, 0.2) is 0 Å². The van der Waals surface area contributed by atoms with E-state index in [1.807, 2.05) is 0 Å². The molecule has 0 spiro atoms. The molecule has 0 aliphatic carbocycles. The third-order valence-corrected chi connectivity index (χ3v) is 0. The molecule has 0 unspecified atom stereocenters. The van der Waals surface area contributed by atoms with Crippen molar-refractivity contribution in [2.24, 2.45) is 0 Å². The number of hydrogen-bond donors (Lipinski definition) is 1. The predicted molar refractivity (Wildman–Crippen MR) is 33.0 cm³/mol. The molecule has 1 N–H and O–H groups in total. The predicted octanol–water partition coefficient (Wildman–Crippen LogP) is 1.10. The van der Waals surface area contributed by atoms with E-state index in [4.69, 9.17) is 9.46 Å². The van der Waals surface area contributed by atoms with Gasteiger partial charge in [0.1, 0.15) is 0 Å². The van der Waals surface area contributed by atoms with Crippen molar-refractivity contribution in [3.05, 3.63) is 14.4 Å². The molecule has 0 saturated heterocycles. The topological polar surface area (TPSA) is 37.3 Å². The zero-order valence-electron chi connectivity index (χ0n) is 4.72. The van der Waals surface area contributed by atoms with E-state index in [1.54, 1.807) is 6.92 Å². The fourth-order valence-electron chi connectivity index (χ4n) is 0. The van der Waals surface area contributed by atoms with Gasteiger partial charge in [0.15, 0.2) is 0 Å². The van der Waals surface area contributed by atoms with Crippen molar-refractivity contribution in [2.75, 3.05) is 0 Å². The molecular weight excluding hydrogens is 123 g/mol. The zero-order chi connectivity index (χ0) is 4.71. The van der Waals surface area contributed by atoms with Crippen molar-refractivity contribution in [2.45, 2.75) is 6.92 Å². The smallest absolute Gasteiger partial charge is 0.358 e. The molecule has 0 aromatic heterocycles. The van der Waals surface area contributed by atoms with Crippen molar-refractivity contribution in [1.29, 1.82) is 0 Å². The van der Waals surface area contributed by atoms with E-state index in [9.17, 15) is 0 Å². The van der Waals surface area contributed by atoms with Crippen LogP contribution in [0.4, 0.5) is 0 Å². The molecule has 0 rings (SSSR count). The molecule has 4 heteroatoms. The molecule has 7 heavy (non-hydrogen) atoms. The summed E-state index contributed by atoms with van der Waals surface area (Å²) in [6.45, 7) is 5.00. The first-order valence-electron chi connectivity index (χ1n) is 1.09. The monoisotopic (exact) mass is 132 g/mol. The van der Waals surface area contributed by atoms with Crippen molar-refractivity contribution in [3.8, 4) is 0 Å². The largest absolute Gasteiger partial charge is 2.00 e. The van der Waals surface area contributed by atoms with E-state index in [1.165, 1.54) is 0 Å². The van der Waals surface area contributed by atoms with Crippen LogP contribution < -0.4 is 0 Å². The number of rotatable bonds is 0. The normalized spacial score (nSPS) is 3.86. The molecule has 0 aliphatic heterocycles. The molecule has 0 saturated carbocycles. The number of hydrogen-bond acceptors (Lipinski definition) is 1. The van der Waals surface area contributed by atoms with Crippen LogP contribution in [-0.2, 0) is 4.57 Å². The van der Waals surface area contributed by atoms with Crippen molar-refractivity contribution in [3.63, 3.8) is 0 Å². The molecule has 0 bridgehead atoms. The van der Waals surface area contributed by atoms with E-state index in [-0.39, 0.29) is 30.5 Å². The van der Waals surface area contributed by atoms with E-state index in [0.717, 1.165) is 0 Å². The molecule has 0 aromatic carbocycles. The van der Waals surface area contributed by atoms with E-state index < -0.39 is 8.69 Å². The summed E-state index contributed by atoms with van der Waals surface area (Å²) >= 11 is 0. The Balaban J connectivity index is -0.0000000105. The Morgan fingerprint density at radius 2 is 1.57 bits per heavy atom. The molecule has 0 fully saturated rings. The van der Waals surface area contributed by atoms with Crippen molar-refractivity contribution < 1.29 is 9.46 Å². The third kappa shape index (κ3) is 233. The van der Waals surface area contributed by atoms with Gasteiger partial charge in [-0.1, -0.05) is 0 Å². The maximum atomic E-state index is 8.46. The maximum Gasteiger partial charge on any atom is 2.00 e. The van der Waals surface area contributed by atoms with E-state index >= 15 is 0 Å². The Morgan fingerprint density at radius 1 is 1.57 bits per heavy atom. The zero-order valence-corrected chi connectivity index (χ0v) is 7.03. The van der Waals surface area contributed by atoms with Gasteiger partial charge < -0.3 is 19.2 Å². The van der Waals surface area contributed by atoms with Crippen LogP contribution in [0.1, 0.15) is 6.92 Å². The summed E-state index contributed by atoms with van der Waals surface area (Å²) in [5.41, 5.74) is 0. The summed E-state index contributed by atoms with van der Waals surface area (Å²) in [6.07, 6.45) is 0. The Labute approximate surface area is 62.8 Å². The van der Waals surface area contributed by atoms with Gasteiger partial charge in [0, 0.05) is 0 Å². The van der Waals surface area contributed by atoms with Gasteiger partial charge in [-0.3, -0.25) is 0 Å². The fraction of sp³-hybridized carbons (Fsp3) is 0.333. The maximum absolute atomic E-state index is 8.46. The summed E-state index contributed by atoms with van der Waals surface area (Å²) in [7, 11) is -0.833. The van der Waals surface area contributed by atoms with Gasteiger partial charge in [-0.15, -0.1) is 0 Å². The van der Waals surface area contributed by atoms with Gasteiger partial charge >= 0.3 is 31.7 Å². The summed E-state index contributed by atoms with van der Waals surface area (Å²) in [5, 5.41) is 0.